The van der Waals surface area contributed by atoms with Gasteiger partial charge >= 0.3 is 29.8 Å². The lowest BCUT2D eigenvalue weighted by atomic mass is 9.87. The number of hydrogen-bond acceptors (Lipinski definition) is 10. The third-order valence-electron chi connectivity index (χ3n) is 6.84. The topological polar surface area (TPSA) is 220 Å². The number of carbonyl (C=O) groups is 5. The van der Waals surface area contributed by atoms with Crippen LogP contribution in [0.3, 0.4) is 0 Å². The van der Waals surface area contributed by atoms with Gasteiger partial charge in [0.1, 0.15) is 5.40 Å². The molecule has 0 radical (unpaired) electrons. The lowest BCUT2D eigenvalue weighted by molar-refractivity contribution is -0.146. The monoisotopic (exact) mass is 594 g/mol. The second kappa shape index (κ2) is 16.5. The maximum atomic E-state index is 12.0. The van der Waals surface area contributed by atoms with E-state index in [1.165, 1.54) is 9.80 Å². The summed E-state index contributed by atoms with van der Waals surface area (Å²) < 4.78 is 0. The summed E-state index contributed by atoms with van der Waals surface area (Å²) in [5.74, 6) is -6.20. The molecule has 0 aromatic heterocycles. The van der Waals surface area contributed by atoms with Gasteiger partial charge in [0.2, 0.25) is 0 Å². The standard InChI is InChI=1S/C26H34N4O10S/c27-16-41-19-7-5-17(6-8-19)9-18(28(11-22(31)32)12-23(33)34)10-29(13-24(35)36)20-3-1-2-4-21(20)30(14-25(37)38)15-26(39)40/h5-8,18,20-21H,1-4,9-15H2,(H,31,32)(H,33,34)(H,35,36)(H,37,38)(H,39,40)/t18?,20?,21-/m0/s1. The summed E-state index contributed by atoms with van der Waals surface area (Å²) in [6.07, 6.45) is 2.39. The van der Waals surface area contributed by atoms with Crippen molar-refractivity contribution in [3.05, 3.63) is 29.8 Å². The average molecular weight is 595 g/mol. The molecule has 3 atom stereocenters. The Morgan fingerprint density at radius 1 is 0.756 bits per heavy atom. The smallest absolute Gasteiger partial charge is 0.317 e. The Labute approximate surface area is 240 Å². The van der Waals surface area contributed by atoms with Gasteiger partial charge in [-0.25, -0.2) is 0 Å². The Morgan fingerprint density at radius 3 is 1.63 bits per heavy atom. The SMILES string of the molecule is N#CSc1ccc(CC(CN(CC(=O)O)C2CCCC[C@@H]2N(CC(=O)O)CC(=O)O)N(CC(=O)O)CC(=O)O)cc1. The van der Waals surface area contributed by atoms with E-state index in [1.54, 1.807) is 29.2 Å². The molecule has 1 aliphatic rings. The van der Waals surface area contributed by atoms with E-state index in [4.69, 9.17) is 5.26 Å². The molecule has 0 spiro atoms. The van der Waals surface area contributed by atoms with Crippen molar-refractivity contribution in [2.24, 2.45) is 0 Å². The number of hydrogen-bond donors (Lipinski definition) is 5. The number of carboxylic acid groups (broad SMARTS) is 5. The first-order chi connectivity index (χ1) is 19.4. The van der Waals surface area contributed by atoms with Crippen LogP contribution in [0.25, 0.3) is 0 Å². The molecule has 1 saturated carbocycles. The van der Waals surface area contributed by atoms with Crippen molar-refractivity contribution in [2.75, 3.05) is 39.3 Å². The van der Waals surface area contributed by atoms with Gasteiger partial charge in [-0.3, -0.25) is 38.7 Å². The van der Waals surface area contributed by atoms with Crippen molar-refractivity contribution in [3.63, 3.8) is 0 Å². The fraction of sp³-hybridized carbons (Fsp3) is 0.538. The van der Waals surface area contributed by atoms with Crippen LogP contribution < -0.4 is 0 Å². The van der Waals surface area contributed by atoms with Crippen LogP contribution in [0.15, 0.2) is 29.2 Å². The maximum absolute atomic E-state index is 12.0. The van der Waals surface area contributed by atoms with E-state index in [9.17, 15) is 49.5 Å². The lowest BCUT2D eigenvalue weighted by Gasteiger charge is -2.45. The van der Waals surface area contributed by atoms with Crippen molar-refractivity contribution < 1.29 is 49.5 Å². The number of nitrogens with zero attached hydrogens (tertiary/aromatic N) is 4. The number of thiocyanates is 1. The maximum Gasteiger partial charge on any atom is 0.317 e. The van der Waals surface area contributed by atoms with E-state index in [1.807, 2.05) is 5.40 Å². The Kier molecular flexibility index (Phi) is 13.5. The van der Waals surface area contributed by atoms with Gasteiger partial charge in [-0.2, -0.15) is 5.26 Å². The van der Waals surface area contributed by atoms with Crippen LogP contribution in [0.4, 0.5) is 0 Å². The Balaban J connectivity index is 2.50. The fourth-order valence-electron chi connectivity index (χ4n) is 5.33. The van der Waals surface area contributed by atoms with E-state index in [-0.39, 0.29) is 13.0 Å². The van der Waals surface area contributed by atoms with Gasteiger partial charge in [-0.1, -0.05) is 25.0 Å². The molecule has 0 bridgehead atoms. The molecular formula is C26H34N4O10S. The summed E-state index contributed by atoms with van der Waals surface area (Å²) in [5.41, 5.74) is 0.701. The molecule has 2 rings (SSSR count). The van der Waals surface area contributed by atoms with Crippen molar-refractivity contribution >= 4 is 41.6 Å². The van der Waals surface area contributed by atoms with Crippen LogP contribution in [0, 0.1) is 10.7 Å². The molecule has 0 amide bonds. The zero-order chi connectivity index (χ0) is 30.5. The highest BCUT2D eigenvalue weighted by Gasteiger charge is 2.38. The van der Waals surface area contributed by atoms with Gasteiger partial charge in [-0.05, 0) is 48.7 Å². The molecule has 1 aromatic carbocycles. The number of nitriles is 1. The van der Waals surface area contributed by atoms with E-state index in [0.717, 1.165) is 11.8 Å². The van der Waals surface area contributed by atoms with Crippen molar-refractivity contribution in [1.29, 1.82) is 5.26 Å². The van der Waals surface area contributed by atoms with Crippen LogP contribution >= 0.6 is 11.8 Å². The van der Waals surface area contributed by atoms with Crippen molar-refractivity contribution in [2.45, 2.75) is 55.1 Å². The Hall–Kier alpha value is -3.71. The minimum absolute atomic E-state index is 0.0727. The fourth-order valence-corrected chi connectivity index (χ4v) is 5.71. The number of benzene rings is 1. The van der Waals surface area contributed by atoms with Crippen LogP contribution in [0.1, 0.15) is 31.2 Å². The first-order valence-electron chi connectivity index (χ1n) is 12.9. The van der Waals surface area contributed by atoms with Gasteiger partial charge < -0.3 is 25.5 Å². The molecule has 2 unspecified atom stereocenters. The molecule has 14 nitrogen and oxygen atoms in total. The first kappa shape index (κ1) is 33.5. The van der Waals surface area contributed by atoms with Crippen molar-refractivity contribution in [1.82, 2.24) is 14.7 Å². The Bertz CT molecular complexity index is 1090. The van der Waals surface area contributed by atoms with E-state index in [0.29, 0.717) is 36.1 Å². The Morgan fingerprint density at radius 2 is 1.20 bits per heavy atom. The third-order valence-corrected chi connectivity index (χ3v) is 7.44. The van der Waals surface area contributed by atoms with Gasteiger partial charge in [0.05, 0.1) is 32.7 Å². The van der Waals surface area contributed by atoms with Gasteiger partial charge in [0.15, 0.2) is 0 Å². The quantitative estimate of drug-likeness (QED) is 0.117. The van der Waals surface area contributed by atoms with Crippen LogP contribution in [0.2, 0.25) is 0 Å². The normalized spacial score (nSPS) is 17.7. The first-order valence-corrected chi connectivity index (χ1v) is 13.7. The summed E-state index contributed by atoms with van der Waals surface area (Å²) in [5, 5.41) is 58.5. The summed E-state index contributed by atoms with van der Waals surface area (Å²) in [4.78, 5) is 63.2. The molecule has 1 fully saturated rings. The molecule has 0 saturated heterocycles. The van der Waals surface area contributed by atoms with Crippen LogP contribution in [0.5, 0.6) is 0 Å². The zero-order valence-corrected chi connectivity index (χ0v) is 23.1. The third kappa shape index (κ3) is 11.7. The van der Waals surface area contributed by atoms with Gasteiger partial charge in [0, 0.05) is 29.6 Å². The summed E-state index contributed by atoms with van der Waals surface area (Å²) in [6, 6.07) is 4.86. The van der Waals surface area contributed by atoms with Crippen LogP contribution in [-0.4, -0.2) is 127 Å². The molecule has 1 aromatic rings. The lowest BCUT2D eigenvalue weighted by Crippen LogP contribution is -2.59. The minimum Gasteiger partial charge on any atom is -0.480 e. The molecule has 0 aliphatic heterocycles. The molecule has 15 heteroatoms. The van der Waals surface area contributed by atoms with Gasteiger partial charge in [-0.15, -0.1) is 0 Å². The zero-order valence-electron chi connectivity index (χ0n) is 22.3. The molecule has 1 aliphatic carbocycles. The summed E-state index contributed by atoms with van der Waals surface area (Å²) in [7, 11) is 0. The van der Waals surface area contributed by atoms with E-state index >= 15 is 0 Å². The van der Waals surface area contributed by atoms with E-state index < -0.39 is 80.7 Å². The average Bonchev–Trinajstić information content (AvgIpc) is 2.87. The largest absolute Gasteiger partial charge is 0.480 e. The number of carboxylic acids is 5. The second-order valence-electron chi connectivity index (χ2n) is 9.82. The second-order valence-corrected chi connectivity index (χ2v) is 10.7. The summed E-state index contributed by atoms with van der Waals surface area (Å²) in [6.45, 7) is -2.95. The van der Waals surface area contributed by atoms with Gasteiger partial charge in [0.25, 0.3) is 0 Å². The number of thioether (sulfide) groups is 1. The summed E-state index contributed by atoms with van der Waals surface area (Å²) >= 11 is 0.951. The highest BCUT2D eigenvalue weighted by atomic mass is 32.2. The molecule has 0 heterocycles. The number of aliphatic carboxylic acids is 5. The molecule has 41 heavy (non-hydrogen) atoms. The molecule has 224 valence electrons. The predicted octanol–water partition coefficient (Wildman–Crippen LogP) is 0.811. The highest BCUT2D eigenvalue weighted by molar-refractivity contribution is 8.03. The predicted molar refractivity (Wildman–Crippen MR) is 144 cm³/mol. The highest BCUT2D eigenvalue weighted by Crippen LogP contribution is 2.29. The molecule has 5 N–H and O–H groups in total. The van der Waals surface area contributed by atoms with Crippen molar-refractivity contribution in [3.8, 4) is 5.40 Å². The minimum atomic E-state index is -1.27. The van der Waals surface area contributed by atoms with Crippen LogP contribution in [-0.2, 0) is 30.4 Å². The van der Waals surface area contributed by atoms with E-state index in [2.05, 4.69) is 0 Å². The molecular weight excluding hydrogens is 560 g/mol. The number of rotatable bonds is 18.